The number of ether oxygens (including phenoxy) is 1. The molecule has 1 amide bonds. The van der Waals surface area contributed by atoms with E-state index in [1.807, 2.05) is 13.8 Å². The molecule has 1 atom stereocenters. The minimum atomic E-state index is -0.222. The largest absolute Gasteiger partial charge is 0.396 e. The van der Waals surface area contributed by atoms with Crippen molar-refractivity contribution in [1.82, 2.24) is 15.1 Å². The van der Waals surface area contributed by atoms with Crippen molar-refractivity contribution in [1.29, 1.82) is 0 Å². The van der Waals surface area contributed by atoms with Crippen LogP contribution in [0.1, 0.15) is 24.3 Å². The molecule has 1 unspecified atom stereocenters. The lowest BCUT2D eigenvalue weighted by molar-refractivity contribution is 0.0862. The average Bonchev–Trinajstić information content (AvgIpc) is 2.66. The molecule has 1 heterocycles. The maximum atomic E-state index is 11.8. The number of hydrogen-bond donors (Lipinski definition) is 2. The Balaban J connectivity index is 2.69. The highest BCUT2D eigenvalue weighted by Crippen LogP contribution is 2.10. The van der Waals surface area contributed by atoms with Crippen LogP contribution in [-0.2, 0) is 11.3 Å². The molecule has 6 nitrogen and oxygen atoms in total. The van der Waals surface area contributed by atoms with Crippen molar-refractivity contribution >= 4 is 11.6 Å². The summed E-state index contributed by atoms with van der Waals surface area (Å²) in [7, 11) is 1.60. The van der Waals surface area contributed by atoms with Gasteiger partial charge in [0.25, 0.3) is 5.91 Å². The summed E-state index contributed by atoms with van der Waals surface area (Å²) in [6, 6.07) is 0. The van der Waals surface area contributed by atoms with Crippen LogP contribution >= 0.6 is 0 Å². The fourth-order valence-corrected chi connectivity index (χ4v) is 1.29. The summed E-state index contributed by atoms with van der Waals surface area (Å²) in [5, 5.41) is 6.75. The SMILES string of the molecule is CCn1ncc(N)c1C(=O)NCC(C)OC. The van der Waals surface area contributed by atoms with Crippen molar-refractivity contribution in [2.24, 2.45) is 0 Å². The van der Waals surface area contributed by atoms with Gasteiger partial charge >= 0.3 is 0 Å². The van der Waals surface area contributed by atoms with Crippen molar-refractivity contribution in [3.63, 3.8) is 0 Å². The summed E-state index contributed by atoms with van der Waals surface area (Å²) in [6.07, 6.45) is 1.46. The van der Waals surface area contributed by atoms with Crippen LogP contribution in [0.3, 0.4) is 0 Å². The molecule has 0 fully saturated rings. The van der Waals surface area contributed by atoms with Crippen molar-refractivity contribution in [3.05, 3.63) is 11.9 Å². The molecule has 1 aromatic heterocycles. The van der Waals surface area contributed by atoms with E-state index in [-0.39, 0.29) is 12.0 Å². The average molecular weight is 226 g/mol. The second-order valence-corrected chi connectivity index (χ2v) is 3.52. The Morgan fingerprint density at radius 1 is 1.75 bits per heavy atom. The predicted octanol–water partition coefficient (Wildman–Crippen LogP) is 0.250. The van der Waals surface area contributed by atoms with Gasteiger partial charge in [0.1, 0.15) is 5.69 Å². The second-order valence-electron chi connectivity index (χ2n) is 3.52. The van der Waals surface area contributed by atoms with Gasteiger partial charge in [-0.15, -0.1) is 0 Å². The molecule has 3 N–H and O–H groups in total. The number of hydrogen-bond acceptors (Lipinski definition) is 4. The minimum absolute atomic E-state index is 0.0248. The lowest BCUT2D eigenvalue weighted by Gasteiger charge is -2.11. The highest BCUT2D eigenvalue weighted by molar-refractivity contribution is 5.97. The van der Waals surface area contributed by atoms with Gasteiger partial charge in [-0.05, 0) is 13.8 Å². The van der Waals surface area contributed by atoms with E-state index in [4.69, 9.17) is 10.5 Å². The first-order valence-corrected chi connectivity index (χ1v) is 5.22. The van der Waals surface area contributed by atoms with E-state index in [9.17, 15) is 4.79 Å². The zero-order chi connectivity index (χ0) is 12.1. The molecule has 0 aliphatic rings. The number of nitrogen functional groups attached to an aromatic ring is 1. The van der Waals surface area contributed by atoms with Gasteiger partial charge in [-0.1, -0.05) is 0 Å². The fraction of sp³-hybridized carbons (Fsp3) is 0.600. The first-order valence-electron chi connectivity index (χ1n) is 5.22. The number of aryl methyl sites for hydroxylation is 1. The van der Waals surface area contributed by atoms with Crippen LogP contribution in [0.15, 0.2) is 6.20 Å². The first kappa shape index (κ1) is 12.5. The van der Waals surface area contributed by atoms with Gasteiger partial charge in [-0.25, -0.2) is 0 Å². The molecule has 1 rings (SSSR count). The van der Waals surface area contributed by atoms with Gasteiger partial charge in [0, 0.05) is 20.2 Å². The zero-order valence-electron chi connectivity index (χ0n) is 9.86. The highest BCUT2D eigenvalue weighted by Gasteiger charge is 2.16. The van der Waals surface area contributed by atoms with Crippen LogP contribution in [0.4, 0.5) is 5.69 Å². The summed E-state index contributed by atoms with van der Waals surface area (Å²) in [6.45, 7) is 4.84. The van der Waals surface area contributed by atoms with Crippen LogP contribution in [0.5, 0.6) is 0 Å². The van der Waals surface area contributed by atoms with E-state index in [0.717, 1.165) is 0 Å². The summed E-state index contributed by atoms with van der Waals surface area (Å²) >= 11 is 0. The quantitative estimate of drug-likeness (QED) is 0.754. The molecule has 0 bridgehead atoms. The van der Waals surface area contributed by atoms with Crippen LogP contribution in [0, 0.1) is 0 Å². The molecular weight excluding hydrogens is 208 g/mol. The molecule has 0 aromatic carbocycles. The third kappa shape index (κ3) is 2.73. The number of nitrogens with one attached hydrogen (secondary N) is 1. The number of rotatable bonds is 5. The number of aromatic nitrogens is 2. The smallest absolute Gasteiger partial charge is 0.271 e. The van der Waals surface area contributed by atoms with Gasteiger partial charge in [-0.3, -0.25) is 9.48 Å². The van der Waals surface area contributed by atoms with Crippen LogP contribution in [-0.4, -0.2) is 35.4 Å². The topological polar surface area (TPSA) is 82.2 Å². The van der Waals surface area contributed by atoms with E-state index in [2.05, 4.69) is 10.4 Å². The Morgan fingerprint density at radius 3 is 3.00 bits per heavy atom. The number of anilines is 1. The molecule has 16 heavy (non-hydrogen) atoms. The van der Waals surface area contributed by atoms with Gasteiger partial charge < -0.3 is 15.8 Å². The van der Waals surface area contributed by atoms with Gasteiger partial charge in [0.2, 0.25) is 0 Å². The van der Waals surface area contributed by atoms with E-state index in [1.165, 1.54) is 6.20 Å². The van der Waals surface area contributed by atoms with Crippen molar-refractivity contribution in [3.8, 4) is 0 Å². The Kier molecular flexibility index (Phi) is 4.30. The molecule has 0 saturated heterocycles. The van der Waals surface area contributed by atoms with Crippen molar-refractivity contribution in [2.75, 3.05) is 19.4 Å². The van der Waals surface area contributed by atoms with Gasteiger partial charge in [-0.2, -0.15) is 5.10 Å². The zero-order valence-corrected chi connectivity index (χ0v) is 9.86. The number of methoxy groups -OCH3 is 1. The summed E-state index contributed by atoms with van der Waals surface area (Å²) in [4.78, 5) is 11.8. The van der Waals surface area contributed by atoms with E-state index in [1.54, 1.807) is 11.8 Å². The monoisotopic (exact) mass is 226 g/mol. The fourth-order valence-electron chi connectivity index (χ4n) is 1.29. The number of carbonyl (C=O) groups excluding carboxylic acids is 1. The standard InChI is InChI=1S/C10H18N4O2/c1-4-14-9(8(11)6-13-14)10(15)12-5-7(2)16-3/h6-7H,4-5,11H2,1-3H3,(H,12,15). The number of nitrogens with two attached hydrogens (primary N) is 1. The lowest BCUT2D eigenvalue weighted by Crippen LogP contribution is -2.33. The van der Waals surface area contributed by atoms with E-state index >= 15 is 0 Å². The van der Waals surface area contributed by atoms with E-state index < -0.39 is 0 Å². The molecule has 0 saturated carbocycles. The first-order chi connectivity index (χ1) is 7.60. The Morgan fingerprint density at radius 2 is 2.44 bits per heavy atom. The second kappa shape index (κ2) is 5.50. The summed E-state index contributed by atoms with van der Waals surface area (Å²) in [5.74, 6) is -0.222. The normalized spacial score (nSPS) is 12.4. The molecule has 90 valence electrons. The van der Waals surface area contributed by atoms with Crippen LogP contribution < -0.4 is 11.1 Å². The molecule has 0 aliphatic heterocycles. The van der Waals surface area contributed by atoms with Crippen LogP contribution in [0.2, 0.25) is 0 Å². The van der Waals surface area contributed by atoms with Gasteiger partial charge in [0.15, 0.2) is 0 Å². The van der Waals surface area contributed by atoms with Crippen molar-refractivity contribution < 1.29 is 9.53 Å². The molecule has 0 spiro atoms. The molecule has 0 aliphatic carbocycles. The Labute approximate surface area is 94.8 Å². The summed E-state index contributed by atoms with van der Waals surface area (Å²) < 4.78 is 6.61. The molecule has 0 radical (unpaired) electrons. The molecular formula is C10H18N4O2. The highest BCUT2D eigenvalue weighted by atomic mass is 16.5. The lowest BCUT2D eigenvalue weighted by atomic mass is 10.3. The number of nitrogens with zero attached hydrogens (tertiary/aromatic N) is 2. The third-order valence-electron chi connectivity index (χ3n) is 2.33. The number of amides is 1. The van der Waals surface area contributed by atoms with E-state index in [0.29, 0.717) is 24.5 Å². The Bertz CT molecular complexity index is 362. The minimum Gasteiger partial charge on any atom is -0.396 e. The maximum Gasteiger partial charge on any atom is 0.271 e. The maximum absolute atomic E-state index is 11.8. The third-order valence-corrected chi connectivity index (χ3v) is 2.33. The summed E-state index contributed by atoms with van der Waals surface area (Å²) in [5.41, 5.74) is 6.48. The van der Waals surface area contributed by atoms with Crippen molar-refractivity contribution in [2.45, 2.75) is 26.5 Å². The van der Waals surface area contributed by atoms with Gasteiger partial charge in [0.05, 0.1) is 18.0 Å². The molecule has 6 heteroatoms. The van der Waals surface area contributed by atoms with Crippen LogP contribution in [0.25, 0.3) is 0 Å². The number of carbonyl (C=O) groups is 1. The Hall–Kier alpha value is -1.56. The predicted molar refractivity (Wildman–Crippen MR) is 61.1 cm³/mol. The molecule has 1 aromatic rings.